The molecule has 1 unspecified atom stereocenters. The minimum Gasteiger partial charge on any atom is -0.385 e. The minimum absolute atomic E-state index is 0.0163. The maximum absolute atomic E-state index is 13.5. The Kier molecular flexibility index (Phi) is 7.34. The van der Waals surface area contributed by atoms with Gasteiger partial charge in [-0.2, -0.15) is 0 Å². The molecule has 1 aliphatic rings. The van der Waals surface area contributed by atoms with Gasteiger partial charge >= 0.3 is 0 Å². The molecule has 3 N–H and O–H groups in total. The number of ether oxygens (including phenoxy) is 1. The Bertz CT molecular complexity index is 815. The summed E-state index contributed by atoms with van der Waals surface area (Å²) in [5.41, 5.74) is 2.93. The van der Waals surface area contributed by atoms with Crippen LogP contribution in [0.3, 0.4) is 0 Å². The second-order valence-corrected chi connectivity index (χ2v) is 7.09. The number of hydrogen-bond acceptors (Lipinski definition) is 4. The molecule has 0 saturated carbocycles. The summed E-state index contributed by atoms with van der Waals surface area (Å²) in [5.74, 6) is -0.793. The van der Waals surface area contributed by atoms with Crippen LogP contribution in [0.15, 0.2) is 35.5 Å². The van der Waals surface area contributed by atoms with Crippen molar-refractivity contribution in [2.45, 2.75) is 33.8 Å². The molecule has 28 heavy (non-hydrogen) atoms. The summed E-state index contributed by atoms with van der Waals surface area (Å²) < 4.78 is 18.7. The molecule has 7 heteroatoms. The number of amides is 2. The van der Waals surface area contributed by atoms with Crippen LogP contribution in [0.1, 0.15) is 33.3 Å². The fraction of sp³-hybridized carbons (Fsp3) is 0.429. The molecule has 0 aliphatic carbocycles. The zero-order valence-corrected chi connectivity index (χ0v) is 17.0. The minimum atomic E-state index is -0.394. The lowest BCUT2D eigenvalue weighted by Crippen LogP contribution is -2.35. The molecule has 0 aromatic heterocycles. The van der Waals surface area contributed by atoms with E-state index in [1.807, 2.05) is 27.7 Å². The van der Waals surface area contributed by atoms with E-state index in [0.29, 0.717) is 35.5 Å². The SMILES string of the molecule is COC(C)CNC(=O)/C(=C(\C)NC/C=C1\C(=O)Nc2ccc(F)cc21)C(C)C. The van der Waals surface area contributed by atoms with Crippen molar-refractivity contribution in [2.75, 3.05) is 25.5 Å². The second kappa shape index (κ2) is 9.50. The van der Waals surface area contributed by atoms with Crippen molar-refractivity contribution >= 4 is 23.1 Å². The Labute approximate surface area is 165 Å². The summed E-state index contributed by atoms with van der Waals surface area (Å²) in [6.45, 7) is 8.36. The molecule has 1 atom stereocenters. The normalized spacial score (nSPS) is 16.5. The van der Waals surface area contributed by atoms with Gasteiger partial charge in [0.1, 0.15) is 5.82 Å². The number of methoxy groups -OCH3 is 1. The fourth-order valence-electron chi connectivity index (χ4n) is 3.04. The van der Waals surface area contributed by atoms with E-state index >= 15 is 0 Å². The number of fused-ring (bicyclic) bond motifs is 1. The molecule has 0 bridgehead atoms. The number of carbonyl (C=O) groups is 2. The molecular formula is C21H28FN3O3. The van der Waals surface area contributed by atoms with E-state index in [1.165, 1.54) is 12.1 Å². The Hall–Kier alpha value is -2.67. The average molecular weight is 389 g/mol. The maximum atomic E-state index is 13.5. The number of anilines is 1. The number of allylic oxidation sites excluding steroid dienone is 1. The first kappa shape index (κ1) is 21.6. The van der Waals surface area contributed by atoms with Crippen molar-refractivity contribution in [1.82, 2.24) is 10.6 Å². The van der Waals surface area contributed by atoms with Crippen molar-refractivity contribution in [3.8, 4) is 0 Å². The van der Waals surface area contributed by atoms with Gasteiger partial charge in [0.15, 0.2) is 0 Å². The van der Waals surface area contributed by atoms with Crippen molar-refractivity contribution in [3.05, 3.63) is 46.9 Å². The van der Waals surface area contributed by atoms with Crippen LogP contribution >= 0.6 is 0 Å². The third-order valence-corrected chi connectivity index (χ3v) is 4.62. The third kappa shape index (κ3) is 5.19. The van der Waals surface area contributed by atoms with E-state index in [1.54, 1.807) is 19.3 Å². The average Bonchev–Trinajstić information content (AvgIpc) is 2.94. The van der Waals surface area contributed by atoms with E-state index in [-0.39, 0.29) is 23.8 Å². The Morgan fingerprint density at radius 3 is 2.64 bits per heavy atom. The zero-order chi connectivity index (χ0) is 20.8. The molecule has 0 radical (unpaired) electrons. The first-order valence-corrected chi connectivity index (χ1v) is 9.31. The predicted molar refractivity (Wildman–Crippen MR) is 108 cm³/mol. The molecule has 2 amide bonds. The van der Waals surface area contributed by atoms with Gasteiger partial charge in [-0.15, -0.1) is 0 Å². The zero-order valence-electron chi connectivity index (χ0n) is 17.0. The highest BCUT2D eigenvalue weighted by Gasteiger charge is 2.24. The van der Waals surface area contributed by atoms with Crippen molar-refractivity contribution in [3.63, 3.8) is 0 Å². The van der Waals surface area contributed by atoms with E-state index in [4.69, 9.17) is 4.74 Å². The molecule has 2 rings (SSSR count). The molecule has 0 saturated heterocycles. The van der Waals surface area contributed by atoms with Crippen LogP contribution < -0.4 is 16.0 Å². The van der Waals surface area contributed by atoms with Gasteiger partial charge in [0.2, 0.25) is 5.91 Å². The molecule has 152 valence electrons. The maximum Gasteiger partial charge on any atom is 0.256 e. The lowest BCUT2D eigenvalue weighted by atomic mass is 10.00. The standard InChI is InChI=1S/C21H28FN3O3/c1-12(2)19(21(27)24-11-13(3)28-5)14(4)23-9-8-16-17-10-15(22)6-7-18(17)25-20(16)26/h6-8,10,12-13,23H,9,11H2,1-5H3,(H,24,27)(H,25,26)/b16-8-,19-14+. The summed E-state index contributed by atoms with van der Waals surface area (Å²) in [7, 11) is 1.60. The van der Waals surface area contributed by atoms with E-state index in [2.05, 4.69) is 16.0 Å². The van der Waals surface area contributed by atoms with Crippen LogP contribution in [-0.4, -0.2) is 38.1 Å². The van der Waals surface area contributed by atoms with E-state index < -0.39 is 5.82 Å². The van der Waals surface area contributed by atoms with Gasteiger partial charge in [0.25, 0.3) is 5.91 Å². The summed E-state index contributed by atoms with van der Waals surface area (Å²) in [6, 6.07) is 4.20. The van der Waals surface area contributed by atoms with Gasteiger partial charge < -0.3 is 20.7 Å². The summed E-state index contributed by atoms with van der Waals surface area (Å²) in [6.07, 6.45) is 1.63. The highest BCUT2D eigenvalue weighted by Crippen LogP contribution is 2.31. The van der Waals surface area contributed by atoms with Gasteiger partial charge in [-0.3, -0.25) is 9.59 Å². The fourth-order valence-corrected chi connectivity index (χ4v) is 3.04. The van der Waals surface area contributed by atoms with Crippen molar-refractivity contribution in [1.29, 1.82) is 0 Å². The van der Waals surface area contributed by atoms with Gasteiger partial charge in [-0.05, 0) is 38.0 Å². The van der Waals surface area contributed by atoms with Crippen LogP contribution in [0, 0.1) is 11.7 Å². The van der Waals surface area contributed by atoms with Crippen LogP contribution in [-0.2, 0) is 14.3 Å². The summed E-state index contributed by atoms with van der Waals surface area (Å²) in [4.78, 5) is 24.7. The number of hydrogen-bond donors (Lipinski definition) is 3. The first-order valence-electron chi connectivity index (χ1n) is 9.31. The number of rotatable bonds is 8. The van der Waals surface area contributed by atoms with Gasteiger partial charge in [0.05, 0.1) is 6.10 Å². The Balaban J connectivity index is 2.11. The van der Waals surface area contributed by atoms with Crippen molar-refractivity contribution < 1.29 is 18.7 Å². The smallest absolute Gasteiger partial charge is 0.256 e. The molecule has 1 aromatic carbocycles. The second-order valence-electron chi connectivity index (χ2n) is 7.09. The van der Waals surface area contributed by atoms with Gasteiger partial charge in [0, 0.05) is 48.3 Å². The first-order chi connectivity index (χ1) is 13.2. The number of carbonyl (C=O) groups excluding carboxylic acids is 2. The third-order valence-electron chi connectivity index (χ3n) is 4.62. The highest BCUT2D eigenvalue weighted by molar-refractivity contribution is 6.31. The van der Waals surface area contributed by atoms with E-state index in [9.17, 15) is 14.0 Å². The lowest BCUT2D eigenvalue weighted by molar-refractivity contribution is -0.118. The summed E-state index contributed by atoms with van der Waals surface area (Å²) in [5, 5.41) is 8.76. The van der Waals surface area contributed by atoms with Gasteiger partial charge in [-0.25, -0.2) is 4.39 Å². The predicted octanol–water partition coefficient (Wildman–Crippen LogP) is 2.83. The Morgan fingerprint density at radius 1 is 1.29 bits per heavy atom. The number of nitrogens with one attached hydrogen (secondary N) is 3. The molecule has 0 fully saturated rings. The van der Waals surface area contributed by atoms with Crippen LogP contribution in [0.5, 0.6) is 0 Å². The van der Waals surface area contributed by atoms with Crippen LogP contribution in [0.4, 0.5) is 10.1 Å². The Morgan fingerprint density at radius 2 is 2.00 bits per heavy atom. The largest absolute Gasteiger partial charge is 0.385 e. The number of benzene rings is 1. The lowest BCUT2D eigenvalue weighted by Gasteiger charge is -2.18. The molecule has 1 aliphatic heterocycles. The number of halogens is 1. The topological polar surface area (TPSA) is 79.5 Å². The van der Waals surface area contributed by atoms with Gasteiger partial charge in [-0.1, -0.05) is 19.9 Å². The van der Waals surface area contributed by atoms with Crippen LogP contribution in [0.25, 0.3) is 5.57 Å². The molecular weight excluding hydrogens is 361 g/mol. The quantitative estimate of drug-likeness (QED) is 0.598. The monoisotopic (exact) mass is 389 g/mol. The molecule has 1 heterocycles. The highest BCUT2D eigenvalue weighted by atomic mass is 19.1. The van der Waals surface area contributed by atoms with Crippen molar-refractivity contribution in [2.24, 2.45) is 5.92 Å². The van der Waals surface area contributed by atoms with E-state index in [0.717, 1.165) is 5.70 Å². The van der Waals surface area contributed by atoms with Crippen LogP contribution in [0.2, 0.25) is 0 Å². The molecule has 6 nitrogen and oxygen atoms in total. The summed E-state index contributed by atoms with van der Waals surface area (Å²) >= 11 is 0. The molecule has 0 spiro atoms. The molecule has 1 aromatic rings.